The highest BCUT2D eigenvalue weighted by atomic mass is 16.7. The smallest absolute Gasteiger partial charge is 0.306 e. The van der Waals surface area contributed by atoms with Crippen molar-refractivity contribution in [1.29, 1.82) is 0 Å². The molecule has 1 rings (SSSR count). The molecule has 58 heavy (non-hydrogen) atoms. The summed E-state index contributed by atoms with van der Waals surface area (Å²) in [5.41, 5.74) is 0. The summed E-state index contributed by atoms with van der Waals surface area (Å²) in [6.45, 7) is 4.41. The Bertz CT molecular complexity index is 1070. The summed E-state index contributed by atoms with van der Waals surface area (Å²) in [7, 11) is 0. The number of unbranched alkanes of at least 4 members (excludes halogenated alkanes) is 18. The van der Waals surface area contributed by atoms with Crippen LogP contribution < -0.4 is 0 Å². The Kier molecular flexibility index (Phi) is 37.5. The number of aliphatic hydroxyl groups is 4. The van der Waals surface area contributed by atoms with Crippen LogP contribution in [0.15, 0.2) is 60.8 Å². The lowest BCUT2D eigenvalue weighted by Gasteiger charge is -2.39. The third-order valence-electron chi connectivity index (χ3n) is 10.4. The number of hydrogen-bond donors (Lipinski definition) is 4. The Morgan fingerprint density at radius 2 is 1.05 bits per heavy atom. The maximum absolute atomic E-state index is 12.8. The van der Waals surface area contributed by atoms with Crippen LogP contribution in [0.4, 0.5) is 0 Å². The Balaban J connectivity index is 2.25. The van der Waals surface area contributed by atoms with E-state index >= 15 is 0 Å². The van der Waals surface area contributed by atoms with Gasteiger partial charge in [0, 0.05) is 13.0 Å². The summed E-state index contributed by atoms with van der Waals surface area (Å²) in [5.74, 6) is -0.321. The first-order chi connectivity index (χ1) is 28.4. The van der Waals surface area contributed by atoms with Gasteiger partial charge in [-0.25, -0.2) is 0 Å². The molecule has 0 aliphatic carbocycles. The summed E-state index contributed by atoms with van der Waals surface area (Å²) in [5, 5.41) is 40.1. The van der Waals surface area contributed by atoms with E-state index in [1.807, 2.05) is 0 Å². The minimum absolute atomic E-state index is 0.120. The molecule has 1 aliphatic rings. The van der Waals surface area contributed by atoms with E-state index in [0.29, 0.717) is 13.0 Å². The minimum atomic E-state index is -1.54. The standard InChI is InChI=1S/C49H86O9/c1-3-5-7-9-11-13-15-17-18-19-20-21-22-23-24-25-27-29-31-33-35-37-39-55-41-43(42-56-49-48(54)47(53)46(52)44(40-50)58-49)57-45(51)38-36-34-32-30-28-26-16-14-12-10-8-6-4-2/h5,7,11,13,17-18,20-21,23-24,43-44,46-50,52-54H,3-4,6,8-10,12,14-16,19,22,25-42H2,1-2H3/b7-5-,13-11-,18-17-,21-20-,24-23-. The maximum Gasteiger partial charge on any atom is 0.306 e. The van der Waals surface area contributed by atoms with Gasteiger partial charge in [-0.15, -0.1) is 0 Å². The van der Waals surface area contributed by atoms with Gasteiger partial charge >= 0.3 is 5.97 Å². The van der Waals surface area contributed by atoms with Crippen molar-refractivity contribution >= 4 is 5.97 Å². The minimum Gasteiger partial charge on any atom is -0.457 e. The van der Waals surface area contributed by atoms with E-state index in [2.05, 4.69) is 74.6 Å². The van der Waals surface area contributed by atoms with Crippen molar-refractivity contribution in [2.45, 2.75) is 218 Å². The monoisotopic (exact) mass is 819 g/mol. The molecule has 1 saturated heterocycles. The molecule has 0 spiro atoms. The van der Waals surface area contributed by atoms with Crippen molar-refractivity contribution in [3.8, 4) is 0 Å². The molecule has 6 unspecified atom stereocenters. The van der Waals surface area contributed by atoms with Crippen molar-refractivity contribution in [3.63, 3.8) is 0 Å². The number of carbonyl (C=O) groups excluding carboxylic acids is 1. The predicted molar refractivity (Wildman–Crippen MR) is 238 cm³/mol. The number of allylic oxidation sites excluding steroid dienone is 10. The van der Waals surface area contributed by atoms with Gasteiger partial charge in [-0.3, -0.25) is 4.79 Å². The van der Waals surface area contributed by atoms with Gasteiger partial charge in [0.2, 0.25) is 0 Å². The van der Waals surface area contributed by atoms with Gasteiger partial charge in [0.1, 0.15) is 30.5 Å². The molecule has 0 radical (unpaired) electrons. The number of rotatable bonds is 39. The Labute approximate surface area is 354 Å². The van der Waals surface area contributed by atoms with Crippen LogP contribution in [0.2, 0.25) is 0 Å². The first kappa shape index (κ1) is 53.9. The Hall–Kier alpha value is -2.11. The summed E-state index contributed by atoms with van der Waals surface area (Å²) in [4.78, 5) is 12.8. The Morgan fingerprint density at radius 1 is 0.569 bits per heavy atom. The Morgan fingerprint density at radius 3 is 1.59 bits per heavy atom. The van der Waals surface area contributed by atoms with E-state index < -0.39 is 43.4 Å². The average Bonchev–Trinajstić information content (AvgIpc) is 3.22. The summed E-state index contributed by atoms with van der Waals surface area (Å²) in [6, 6.07) is 0. The molecule has 1 fully saturated rings. The van der Waals surface area contributed by atoms with Crippen molar-refractivity contribution in [2.75, 3.05) is 26.4 Å². The molecule has 6 atom stereocenters. The van der Waals surface area contributed by atoms with Crippen LogP contribution in [0, 0.1) is 0 Å². The second-order valence-corrected chi connectivity index (χ2v) is 15.8. The largest absolute Gasteiger partial charge is 0.457 e. The van der Waals surface area contributed by atoms with Crippen LogP contribution in [0.3, 0.4) is 0 Å². The molecule has 9 nitrogen and oxygen atoms in total. The van der Waals surface area contributed by atoms with Gasteiger partial charge in [-0.2, -0.15) is 0 Å². The van der Waals surface area contributed by atoms with Gasteiger partial charge < -0.3 is 39.4 Å². The van der Waals surface area contributed by atoms with Gasteiger partial charge in [0.05, 0.1) is 19.8 Å². The molecule has 0 amide bonds. The van der Waals surface area contributed by atoms with Crippen LogP contribution in [0.25, 0.3) is 0 Å². The SMILES string of the molecule is CC/C=C\C/C=C\C/C=C\C/C=C\C/C=C\CCCCCCCCOCC(COC1OC(CO)C(O)C(O)C1O)OC(=O)CCCCCCCCCCCCCCC. The van der Waals surface area contributed by atoms with E-state index in [1.54, 1.807) is 0 Å². The third-order valence-corrected chi connectivity index (χ3v) is 10.4. The summed E-state index contributed by atoms with van der Waals surface area (Å²) < 4.78 is 22.8. The highest BCUT2D eigenvalue weighted by molar-refractivity contribution is 5.69. The molecule has 4 N–H and O–H groups in total. The van der Waals surface area contributed by atoms with Crippen LogP contribution in [0.1, 0.15) is 181 Å². The topological polar surface area (TPSA) is 135 Å². The lowest BCUT2D eigenvalue weighted by molar-refractivity contribution is -0.305. The highest BCUT2D eigenvalue weighted by Crippen LogP contribution is 2.22. The fraction of sp³-hybridized carbons (Fsp3) is 0.776. The molecular formula is C49H86O9. The van der Waals surface area contributed by atoms with Gasteiger partial charge in [0.15, 0.2) is 6.29 Å². The first-order valence-corrected chi connectivity index (χ1v) is 23.4. The maximum atomic E-state index is 12.8. The van der Waals surface area contributed by atoms with Crippen LogP contribution in [0.5, 0.6) is 0 Å². The normalized spacial score (nSPS) is 20.8. The number of ether oxygens (including phenoxy) is 4. The number of hydrogen-bond acceptors (Lipinski definition) is 9. The zero-order chi connectivity index (χ0) is 42.2. The molecule has 0 aromatic heterocycles. The second kappa shape index (κ2) is 40.3. The third kappa shape index (κ3) is 30.9. The average molecular weight is 819 g/mol. The fourth-order valence-electron chi connectivity index (χ4n) is 6.81. The van der Waals surface area contributed by atoms with Crippen molar-refractivity contribution in [2.24, 2.45) is 0 Å². The summed E-state index contributed by atoms with van der Waals surface area (Å²) >= 11 is 0. The first-order valence-electron chi connectivity index (χ1n) is 23.4. The van der Waals surface area contributed by atoms with Crippen LogP contribution >= 0.6 is 0 Å². The molecule has 1 heterocycles. The predicted octanol–water partition coefficient (Wildman–Crippen LogP) is 10.7. The number of esters is 1. The molecular weight excluding hydrogens is 733 g/mol. The van der Waals surface area contributed by atoms with Gasteiger partial charge in [-0.05, 0) is 57.8 Å². The van der Waals surface area contributed by atoms with E-state index in [9.17, 15) is 25.2 Å². The van der Waals surface area contributed by atoms with Crippen molar-refractivity contribution in [1.82, 2.24) is 0 Å². The van der Waals surface area contributed by atoms with Crippen molar-refractivity contribution < 1.29 is 44.2 Å². The molecule has 0 aromatic rings. The lowest BCUT2D eigenvalue weighted by Crippen LogP contribution is -2.59. The molecule has 0 bridgehead atoms. The molecule has 9 heteroatoms. The van der Waals surface area contributed by atoms with E-state index in [1.165, 1.54) is 83.5 Å². The van der Waals surface area contributed by atoms with E-state index in [4.69, 9.17) is 18.9 Å². The van der Waals surface area contributed by atoms with Gasteiger partial charge in [-0.1, -0.05) is 177 Å². The molecule has 336 valence electrons. The quantitative estimate of drug-likeness (QED) is 0.0272. The van der Waals surface area contributed by atoms with Crippen LogP contribution in [-0.4, -0.2) is 89.6 Å². The van der Waals surface area contributed by atoms with Crippen molar-refractivity contribution in [3.05, 3.63) is 60.8 Å². The zero-order valence-corrected chi connectivity index (χ0v) is 36.8. The summed E-state index contributed by atoms with van der Waals surface area (Å²) in [6.07, 6.45) is 43.9. The highest BCUT2D eigenvalue weighted by Gasteiger charge is 2.44. The van der Waals surface area contributed by atoms with E-state index in [0.717, 1.165) is 77.0 Å². The molecule has 1 aliphatic heterocycles. The van der Waals surface area contributed by atoms with Gasteiger partial charge in [0.25, 0.3) is 0 Å². The number of carbonyl (C=O) groups is 1. The molecule has 0 aromatic carbocycles. The zero-order valence-electron chi connectivity index (χ0n) is 36.8. The number of aliphatic hydroxyl groups excluding tert-OH is 4. The fourth-order valence-corrected chi connectivity index (χ4v) is 6.81. The van der Waals surface area contributed by atoms with Crippen LogP contribution in [-0.2, 0) is 23.7 Å². The molecule has 0 saturated carbocycles. The lowest BCUT2D eigenvalue weighted by atomic mass is 9.99. The van der Waals surface area contributed by atoms with E-state index in [-0.39, 0.29) is 19.2 Å². The second-order valence-electron chi connectivity index (χ2n) is 15.8.